The number of primary amides is 1. The van der Waals surface area contributed by atoms with Crippen LogP contribution in [0.1, 0.15) is 22.7 Å². The van der Waals surface area contributed by atoms with Crippen molar-refractivity contribution in [3.05, 3.63) is 46.5 Å². The number of ether oxygens (including phenoxy) is 3. The average Bonchev–Trinajstić information content (AvgIpc) is 3.08. The van der Waals surface area contributed by atoms with Crippen LogP contribution in [0, 0.1) is 11.3 Å². The molecule has 0 radical (unpaired) electrons. The van der Waals surface area contributed by atoms with E-state index in [1.165, 1.54) is 25.3 Å². The van der Waals surface area contributed by atoms with E-state index in [9.17, 15) is 23.2 Å². The number of para-hydroxylation sites is 1. The third-order valence-corrected chi connectivity index (χ3v) is 4.12. The van der Waals surface area contributed by atoms with Crippen LogP contribution >= 0.6 is 0 Å². The Labute approximate surface area is 161 Å². The Morgan fingerprint density at radius 3 is 2.76 bits per heavy atom. The molecule has 1 aromatic heterocycles. The van der Waals surface area contributed by atoms with Crippen molar-refractivity contribution in [2.45, 2.75) is 12.1 Å². The van der Waals surface area contributed by atoms with Crippen LogP contribution in [0.4, 0.5) is 13.2 Å². The van der Waals surface area contributed by atoms with Crippen molar-refractivity contribution in [1.29, 1.82) is 5.26 Å². The predicted molar refractivity (Wildman–Crippen MR) is 90.6 cm³/mol. The van der Waals surface area contributed by atoms with Crippen LogP contribution in [-0.4, -0.2) is 29.8 Å². The van der Waals surface area contributed by atoms with Crippen molar-refractivity contribution in [2.75, 3.05) is 13.7 Å². The molecule has 0 unspecified atom stereocenters. The van der Waals surface area contributed by atoms with Gasteiger partial charge < -0.3 is 25.7 Å². The fourth-order valence-electron chi connectivity index (χ4n) is 2.99. The topological polar surface area (TPSA) is 149 Å². The summed E-state index contributed by atoms with van der Waals surface area (Å²) in [6.45, 7) is -0.567. The number of allylic oxidation sites excluding steroid dienone is 1. The van der Waals surface area contributed by atoms with Gasteiger partial charge in [-0.3, -0.25) is 9.89 Å². The maximum absolute atomic E-state index is 13.6. The Kier molecular flexibility index (Phi) is 4.98. The Hall–Kier alpha value is -3.88. The summed E-state index contributed by atoms with van der Waals surface area (Å²) in [5, 5.41) is 15.0. The van der Waals surface area contributed by atoms with E-state index in [4.69, 9.17) is 25.7 Å². The van der Waals surface area contributed by atoms with Gasteiger partial charge in [-0.1, -0.05) is 12.1 Å². The number of nitriles is 1. The minimum Gasteiger partial charge on any atom is -0.493 e. The molecule has 0 saturated carbocycles. The van der Waals surface area contributed by atoms with Gasteiger partial charge in [0, 0.05) is 5.56 Å². The van der Waals surface area contributed by atoms with Gasteiger partial charge in [0.1, 0.15) is 17.3 Å². The number of halogens is 3. The third kappa shape index (κ3) is 3.49. The lowest BCUT2D eigenvalue weighted by molar-refractivity contribution is -0.141. The summed E-state index contributed by atoms with van der Waals surface area (Å²) in [7, 11) is 1.31. The highest BCUT2D eigenvalue weighted by Crippen LogP contribution is 2.50. The summed E-state index contributed by atoms with van der Waals surface area (Å²) < 4.78 is 56.3. The van der Waals surface area contributed by atoms with E-state index in [1.807, 2.05) is 5.10 Å². The van der Waals surface area contributed by atoms with E-state index in [0.29, 0.717) is 0 Å². The van der Waals surface area contributed by atoms with E-state index in [1.54, 1.807) is 6.07 Å². The van der Waals surface area contributed by atoms with Gasteiger partial charge in [-0.25, -0.2) is 0 Å². The first-order valence-electron chi connectivity index (χ1n) is 8.00. The van der Waals surface area contributed by atoms with Crippen LogP contribution in [-0.2, 0) is 11.0 Å². The van der Waals surface area contributed by atoms with Gasteiger partial charge >= 0.3 is 6.18 Å². The van der Waals surface area contributed by atoms with Crippen molar-refractivity contribution in [3.63, 3.8) is 0 Å². The number of hydrogen-bond acceptors (Lipinski definition) is 7. The number of methoxy groups -OCH3 is 1. The van der Waals surface area contributed by atoms with Crippen molar-refractivity contribution in [3.8, 4) is 23.4 Å². The van der Waals surface area contributed by atoms with Crippen LogP contribution in [0.2, 0.25) is 0 Å². The first kappa shape index (κ1) is 19.9. The highest BCUT2D eigenvalue weighted by Gasteiger charge is 2.45. The molecule has 9 nitrogen and oxygen atoms in total. The lowest BCUT2D eigenvalue weighted by atomic mass is 9.83. The number of aromatic nitrogens is 2. The number of hydrogen-bond donors (Lipinski definition) is 3. The van der Waals surface area contributed by atoms with Crippen LogP contribution < -0.4 is 25.7 Å². The van der Waals surface area contributed by atoms with Crippen molar-refractivity contribution in [1.82, 2.24) is 10.2 Å². The number of amides is 1. The molecule has 1 amide bonds. The molecule has 1 atom stereocenters. The molecule has 1 aromatic carbocycles. The second-order valence-corrected chi connectivity index (χ2v) is 5.87. The number of carbonyl (C=O) groups is 1. The lowest BCUT2D eigenvalue weighted by Crippen LogP contribution is -2.24. The summed E-state index contributed by atoms with van der Waals surface area (Å²) in [5.74, 6) is -2.95. The molecule has 1 aliphatic heterocycles. The first-order valence-corrected chi connectivity index (χ1v) is 8.00. The zero-order valence-electron chi connectivity index (χ0n) is 14.8. The van der Waals surface area contributed by atoms with E-state index in [0.717, 1.165) is 0 Å². The average molecular weight is 409 g/mol. The number of nitrogens with one attached hydrogen (secondary N) is 1. The Bertz CT molecular complexity index is 1040. The summed E-state index contributed by atoms with van der Waals surface area (Å²) in [5.41, 5.74) is 9.00. The number of rotatable bonds is 5. The Morgan fingerprint density at radius 2 is 2.17 bits per heavy atom. The minimum absolute atomic E-state index is 0.0680. The first-order chi connectivity index (χ1) is 13.7. The largest absolute Gasteiger partial charge is 0.493 e. The molecule has 152 valence electrons. The maximum Gasteiger partial charge on any atom is 0.433 e. The van der Waals surface area contributed by atoms with Gasteiger partial charge in [-0.05, 0) is 6.07 Å². The predicted octanol–water partition coefficient (Wildman–Crippen LogP) is 1.52. The lowest BCUT2D eigenvalue weighted by Gasteiger charge is -2.26. The Morgan fingerprint density at radius 1 is 1.45 bits per heavy atom. The Balaban J connectivity index is 2.29. The maximum atomic E-state index is 13.6. The molecular formula is C17H14F3N5O4. The molecule has 0 bridgehead atoms. The standard InChI is InChI=1S/C17H14F3N5O4/c1-27-9-4-2-3-7(13(9)28-6-10(22)26)11-8(5-21)15(23)29-16-12(11)14(24-25-16)17(18,19)20/h2-4,11H,6,23H2,1H3,(H2,22,26)(H,24,25)/t11-/m1/s1. The van der Waals surface area contributed by atoms with Crippen molar-refractivity contribution in [2.24, 2.45) is 11.5 Å². The van der Waals surface area contributed by atoms with Gasteiger partial charge in [0.15, 0.2) is 18.1 Å². The zero-order chi connectivity index (χ0) is 21.3. The molecule has 0 saturated heterocycles. The molecule has 0 fully saturated rings. The molecule has 3 rings (SSSR count). The smallest absolute Gasteiger partial charge is 0.433 e. The fourth-order valence-corrected chi connectivity index (χ4v) is 2.99. The minimum atomic E-state index is -4.82. The second-order valence-electron chi connectivity index (χ2n) is 5.87. The SMILES string of the molecule is COc1cccc([C@@H]2C(C#N)=C(N)Oc3n[nH]c(C(F)(F)F)c32)c1OCC(N)=O. The van der Waals surface area contributed by atoms with Crippen LogP contribution in [0.5, 0.6) is 17.4 Å². The van der Waals surface area contributed by atoms with Crippen molar-refractivity contribution >= 4 is 5.91 Å². The van der Waals surface area contributed by atoms with Gasteiger partial charge in [0.2, 0.25) is 11.8 Å². The molecule has 1 aliphatic rings. The molecular weight excluding hydrogens is 395 g/mol. The molecule has 0 aliphatic carbocycles. The molecule has 5 N–H and O–H groups in total. The highest BCUT2D eigenvalue weighted by atomic mass is 19.4. The number of aromatic amines is 1. The molecule has 2 aromatic rings. The molecule has 29 heavy (non-hydrogen) atoms. The van der Waals surface area contributed by atoms with Crippen LogP contribution in [0.3, 0.4) is 0 Å². The number of H-pyrrole nitrogens is 1. The van der Waals surface area contributed by atoms with Crippen LogP contribution in [0.25, 0.3) is 0 Å². The van der Waals surface area contributed by atoms with Gasteiger partial charge in [-0.2, -0.15) is 18.4 Å². The summed E-state index contributed by atoms with van der Waals surface area (Å²) in [6.07, 6.45) is -4.82. The van der Waals surface area contributed by atoms with Gasteiger partial charge in [-0.15, -0.1) is 5.10 Å². The fraction of sp³-hybridized carbons (Fsp3) is 0.235. The number of benzene rings is 1. The molecule has 12 heteroatoms. The quantitative estimate of drug-likeness (QED) is 0.678. The summed E-state index contributed by atoms with van der Waals surface area (Å²) in [4.78, 5) is 11.2. The van der Waals surface area contributed by atoms with E-state index < -0.39 is 47.6 Å². The number of carbonyl (C=O) groups excluding carboxylic acids is 1. The third-order valence-electron chi connectivity index (χ3n) is 4.12. The number of nitrogens with zero attached hydrogens (tertiary/aromatic N) is 2. The summed E-state index contributed by atoms with van der Waals surface area (Å²) in [6, 6.07) is 6.14. The normalized spacial score (nSPS) is 15.9. The van der Waals surface area contributed by atoms with E-state index in [-0.39, 0.29) is 22.6 Å². The number of nitrogens with two attached hydrogens (primary N) is 2. The van der Waals surface area contributed by atoms with E-state index >= 15 is 0 Å². The monoisotopic (exact) mass is 409 g/mol. The number of alkyl halides is 3. The molecule has 0 spiro atoms. The second kappa shape index (κ2) is 7.27. The van der Waals surface area contributed by atoms with Crippen molar-refractivity contribution < 1.29 is 32.2 Å². The van der Waals surface area contributed by atoms with Gasteiger partial charge in [0.25, 0.3) is 5.91 Å². The van der Waals surface area contributed by atoms with Crippen LogP contribution in [0.15, 0.2) is 29.7 Å². The van der Waals surface area contributed by atoms with Gasteiger partial charge in [0.05, 0.1) is 18.6 Å². The molecule has 2 heterocycles. The highest BCUT2D eigenvalue weighted by molar-refractivity contribution is 5.75. The number of fused-ring (bicyclic) bond motifs is 1. The zero-order valence-corrected chi connectivity index (χ0v) is 14.8. The van der Waals surface area contributed by atoms with E-state index in [2.05, 4.69) is 5.10 Å². The summed E-state index contributed by atoms with van der Waals surface area (Å²) >= 11 is 0.